The Kier molecular flexibility index (Phi) is 5.63. The lowest BCUT2D eigenvalue weighted by atomic mass is 10.1. The van der Waals surface area contributed by atoms with Crippen LogP contribution < -0.4 is 5.48 Å². The zero-order valence-corrected chi connectivity index (χ0v) is 13.2. The highest BCUT2D eigenvalue weighted by Gasteiger charge is 2.24. The summed E-state index contributed by atoms with van der Waals surface area (Å²) in [5, 5.41) is 28.1. The van der Waals surface area contributed by atoms with Crippen LogP contribution in [0.25, 0.3) is 0 Å². The lowest BCUT2D eigenvalue weighted by molar-refractivity contribution is 0.0695. The minimum absolute atomic E-state index is 0.0981. The third kappa shape index (κ3) is 3.90. The van der Waals surface area contributed by atoms with Crippen LogP contribution in [0, 0.1) is 5.82 Å². The molecule has 0 saturated heterocycles. The second kappa shape index (κ2) is 7.69. The topological polar surface area (TPSA) is 123 Å². The quantitative estimate of drug-likeness (QED) is 0.468. The number of hydrogen-bond acceptors (Lipinski definition) is 6. The van der Waals surface area contributed by atoms with E-state index in [0.717, 1.165) is 6.20 Å². The van der Waals surface area contributed by atoms with E-state index >= 15 is 0 Å². The monoisotopic (exact) mass is 349 g/mol. The van der Waals surface area contributed by atoms with Crippen molar-refractivity contribution in [3.63, 3.8) is 0 Å². The first-order valence-corrected chi connectivity index (χ1v) is 7.15. The third-order valence-corrected chi connectivity index (χ3v) is 3.54. The van der Waals surface area contributed by atoms with Gasteiger partial charge in [-0.25, -0.2) is 14.9 Å². The van der Waals surface area contributed by atoms with E-state index in [1.807, 2.05) is 0 Å². The molecule has 0 aliphatic heterocycles. The molecule has 2 rings (SSSR count). The molecule has 8 nitrogen and oxygen atoms in total. The highest BCUT2D eigenvalue weighted by Crippen LogP contribution is 2.25. The number of aromatic hydroxyl groups is 1. The predicted octanol–water partition coefficient (Wildman–Crippen LogP) is 0.810. The Labute approximate surface area is 142 Å². The van der Waals surface area contributed by atoms with Gasteiger partial charge in [0.05, 0.1) is 12.2 Å². The first kappa shape index (κ1) is 18.3. The Bertz CT molecular complexity index is 795. The molecule has 2 amide bonds. The molecule has 132 valence electrons. The number of benzene rings is 1. The largest absolute Gasteiger partial charge is 0.505 e. The number of aromatic nitrogens is 1. The summed E-state index contributed by atoms with van der Waals surface area (Å²) < 4.78 is 12.9. The highest BCUT2D eigenvalue weighted by atomic mass is 19.1. The molecule has 2 aromatic rings. The number of hydrogen-bond donors (Lipinski definition) is 4. The van der Waals surface area contributed by atoms with Crippen LogP contribution in [0.5, 0.6) is 5.75 Å². The van der Waals surface area contributed by atoms with Gasteiger partial charge in [0.1, 0.15) is 5.82 Å². The fraction of sp³-hybridized carbons (Fsp3) is 0.188. The SMILES string of the molecule is CN(Cc1ccc(F)cc1)C(=O)c1cnc(C(=O)NO)c(O)c1CO. The molecule has 0 fully saturated rings. The molecule has 1 aromatic heterocycles. The summed E-state index contributed by atoms with van der Waals surface area (Å²) in [5.41, 5.74) is 1.18. The Morgan fingerprint density at radius 2 is 1.92 bits per heavy atom. The van der Waals surface area contributed by atoms with Gasteiger partial charge >= 0.3 is 0 Å². The number of carbonyl (C=O) groups excluding carboxylic acids is 2. The van der Waals surface area contributed by atoms with Gasteiger partial charge in [0, 0.05) is 25.4 Å². The number of aliphatic hydroxyl groups excluding tert-OH is 1. The number of aliphatic hydroxyl groups is 1. The molecule has 9 heteroatoms. The number of nitrogens with one attached hydrogen (secondary N) is 1. The molecular formula is C16H16FN3O5. The Balaban J connectivity index is 2.30. The molecule has 0 spiro atoms. The van der Waals surface area contributed by atoms with E-state index in [1.165, 1.54) is 41.7 Å². The van der Waals surface area contributed by atoms with E-state index < -0.39 is 35.7 Å². The van der Waals surface area contributed by atoms with Crippen molar-refractivity contribution in [2.75, 3.05) is 7.05 Å². The van der Waals surface area contributed by atoms with E-state index in [-0.39, 0.29) is 17.7 Å². The molecule has 0 saturated carbocycles. The van der Waals surface area contributed by atoms with Crippen LogP contribution in [0.3, 0.4) is 0 Å². The van der Waals surface area contributed by atoms with Gasteiger partial charge in [0.25, 0.3) is 11.8 Å². The van der Waals surface area contributed by atoms with Crippen molar-refractivity contribution in [3.05, 3.63) is 58.7 Å². The first-order chi connectivity index (χ1) is 11.9. The normalized spacial score (nSPS) is 10.4. The van der Waals surface area contributed by atoms with Gasteiger partial charge < -0.3 is 15.1 Å². The zero-order chi connectivity index (χ0) is 18.6. The average Bonchev–Trinajstić information content (AvgIpc) is 2.62. The summed E-state index contributed by atoms with van der Waals surface area (Å²) in [6.07, 6.45) is 1.03. The number of rotatable bonds is 5. The lowest BCUT2D eigenvalue weighted by Gasteiger charge is -2.19. The summed E-state index contributed by atoms with van der Waals surface area (Å²) in [6, 6.07) is 5.58. The highest BCUT2D eigenvalue weighted by molar-refractivity contribution is 5.99. The molecule has 0 unspecified atom stereocenters. The minimum atomic E-state index is -1.08. The van der Waals surface area contributed by atoms with E-state index in [4.69, 9.17) is 5.21 Å². The van der Waals surface area contributed by atoms with Gasteiger partial charge in [-0.15, -0.1) is 0 Å². The summed E-state index contributed by atoms with van der Waals surface area (Å²) in [6.45, 7) is -0.560. The van der Waals surface area contributed by atoms with Crippen molar-refractivity contribution in [2.45, 2.75) is 13.2 Å². The molecule has 1 aromatic carbocycles. The predicted molar refractivity (Wildman–Crippen MR) is 83.3 cm³/mol. The molecule has 0 aliphatic rings. The number of hydroxylamine groups is 1. The molecule has 1 heterocycles. The van der Waals surface area contributed by atoms with Gasteiger partial charge in [-0.3, -0.25) is 14.8 Å². The van der Waals surface area contributed by atoms with Crippen molar-refractivity contribution in [3.8, 4) is 5.75 Å². The van der Waals surface area contributed by atoms with Crippen LogP contribution in [-0.2, 0) is 13.2 Å². The van der Waals surface area contributed by atoms with Crippen molar-refractivity contribution in [2.24, 2.45) is 0 Å². The van der Waals surface area contributed by atoms with E-state index in [0.29, 0.717) is 5.56 Å². The zero-order valence-electron chi connectivity index (χ0n) is 13.2. The smallest absolute Gasteiger partial charge is 0.297 e. The van der Waals surface area contributed by atoms with E-state index in [2.05, 4.69) is 4.98 Å². The third-order valence-electron chi connectivity index (χ3n) is 3.54. The Morgan fingerprint density at radius 1 is 1.28 bits per heavy atom. The molecule has 0 atom stereocenters. The number of amides is 2. The summed E-state index contributed by atoms with van der Waals surface area (Å²) in [7, 11) is 1.48. The summed E-state index contributed by atoms with van der Waals surface area (Å²) >= 11 is 0. The van der Waals surface area contributed by atoms with Crippen LogP contribution in [0.15, 0.2) is 30.5 Å². The van der Waals surface area contributed by atoms with Crippen molar-refractivity contribution >= 4 is 11.8 Å². The summed E-state index contributed by atoms with van der Waals surface area (Å²) in [5.74, 6) is -2.74. The first-order valence-electron chi connectivity index (χ1n) is 7.15. The maximum Gasteiger partial charge on any atom is 0.297 e. The molecule has 4 N–H and O–H groups in total. The van der Waals surface area contributed by atoms with Gasteiger partial charge in [-0.1, -0.05) is 12.1 Å². The van der Waals surface area contributed by atoms with E-state index in [1.54, 1.807) is 0 Å². The number of carbonyl (C=O) groups is 2. The standard InChI is InChI=1S/C16H16FN3O5/c1-20(7-9-2-4-10(17)5-3-9)16(24)11-6-18-13(15(23)19-25)14(22)12(11)8-21/h2-6,21-22,25H,7-8H2,1H3,(H,19,23). The second-order valence-corrected chi connectivity index (χ2v) is 5.23. The summed E-state index contributed by atoms with van der Waals surface area (Å²) in [4.78, 5) is 28.9. The second-order valence-electron chi connectivity index (χ2n) is 5.23. The van der Waals surface area contributed by atoms with Crippen LogP contribution in [0.4, 0.5) is 4.39 Å². The number of pyridine rings is 1. The van der Waals surface area contributed by atoms with Gasteiger partial charge in [0.15, 0.2) is 11.4 Å². The fourth-order valence-electron chi connectivity index (χ4n) is 2.24. The molecule has 0 radical (unpaired) electrons. The van der Waals surface area contributed by atoms with Crippen LogP contribution in [-0.4, -0.2) is 44.2 Å². The van der Waals surface area contributed by atoms with Crippen LogP contribution >= 0.6 is 0 Å². The molecule has 0 bridgehead atoms. The van der Waals surface area contributed by atoms with Crippen molar-refractivity contribution in [1.82, 2.24) is 15.4 Å². The van der Waals surface area contributed by atoms with Gasteiger partial charge in [0.2, 0.25) is 0 Å². The Hall–Kier alpha value is -3.04. The van der Waals surface area contributed by atoms with Crippen LogP contribution in [0.2, 0.25) is 0 Å². The van der Waals surface area contributed by atoms with Gasteiger partial charge in [-0.05, 0) is 17.7 Å². The average molecular weight is 349 g/mol. The Morgan fingerprint density at radius 3 is 2.48 bits per heavy atom. The van der Waals surface area contributed by atoms with E-state index in [9.17, 15) is 24.2 Å². The molecular weight excluding hydrogens is 333 g/mol. The number of nitrogens with zero attached hydrogens (tertiary/aromatic N) is 2. The van der Waals surface area contributed by atoms with Crippen molar-refractivity contribution < 1.29 is 29.4 Å². The minimum Gasteiger partial charge on any atom is -0.505 e. The van der Waals surface area contributed by atoms with Crippen LogP contribution in [0.1, 0.15) is 32.0 Å². The lowest BCUT2D eigenvalue weighted by Crippen LogP contribution is -2.28. The molecule has 25 heavy (non-hydrogen) atoms. The van der Waals surface area contributed by atoms with Gasteiger partial charge in [-0.2, -0.15) is 0 Å². The fourth-order valence-corrected chi connectivity index (χ4v) is 2.24. The number of halogens is 1. The maximum atomic E-state index is 12.9. The van der Waals surface area contributed by atoms with Crippen molar-refractivity contribution in [1.29, 1.82) is 0 Å². The maximum absolute atomic E-state index is 12.9. The molecule has 0 aliphatic carbocycles.